The Hall–Kier alpha value is -3.60. The maximum Gasteiger partial charge on any atom is 0.223 e. The monoisotopic (exact) mass is 808 g/mol. The summed E-state index contributed by atoms with van der Waals surface area (Å²) in [6.45, 7) is 14.8. The molecule has 0 amide bonds. The number of hydrogen-bond donors (Lipinski definition) is 1. The van der Waals surface area contributed by atoms with Crippen LogP contribution in [0, 0.1) is 17.9 Å². The maximum absolute atomic E-state index is 11.7. The number of rotatable bonds is 8. The number of carbonyl (C=O) groups is 1. The van der Waals surface area contributed by atoms with Crippen LogP contribution in [0.1, 0.15) is 90.8 Å². The molecule has 3 aromatic carbocycles. The van der Waals surface area contributed by atoms with Crippen LogP contribution >= 0.6 is 0 Å². The fourth-order valence-electron chi connectivity index (χ4n) is 6.63. The summed E-state index contributed by atoms with van der Waals surface area (Å²) in [7, 11) is 0. The Morgan fingerprint density at radius 3 is 2.28 bits per heavy atom. The zero-order chi connectivity index (χ0) is 33.0. The summed E-state index contributed by atoms with van der Waals surface area (Å²) >= 11 is 0. The standard InChI is InChI=1S/C28H23N2O.C13H24O2.Ir/c1-28(2,3)23-15-19(14-18-9-5-6-10-20(18)23)25-24-22-13-12-17-8-4-7-11-21(17)26(22)31-27(24)30-16-29-25;1-5-10(6-2)12(14)9-13(15)11(7-3)8-4;/h4-11,15-16H,12-13H2,1-3H3;9-11,14H,5-8H2,1-4H3;/q-1;;/b;12-9-;. The van der Waals surface area contributed by atoms with Gasteiger partial charge in [-0.25, -0.2) is 4.98 Å². The molecule has 1 aliphatic rings. The number of aryl methyl sites for hydroxylation is 2. The smallest absolute Gasteiger partial charge is 0.223 e. The molecule has 249 valence electrons. The van der Waals surface area contributed by atoms with E-state index in [9.17, 15) is 9.90 Å². The summed E-state index contributed by atoms with van der Waals surface area (Å²) < 4.78 is 6.30. The molecule has 2 heterocycles. The molecule has 0 bridgehead atoms. The van der Waals surface area contributed by atoms with Crippen LogP contribution in [0.5, 0.6) is 0 Å². The van der Waals surface area contributed by atoms with Gasteiger partial charge in [0.15, 0.2) is 5.78 Å². The van der Waals surface area contributed by atoms with Crippen molar-refractivity contribution in [3.8, 4) is 22.6 Å². The van der Waals surface area contributed by atoms with E-state index in [2.05, 4.69) is 86.4 Å². The molecule has 0 spiro atoms. The number of carbonyl (C=O) groups excluding carboxylic acids is 1. The summed E-state index contributed by atoms with van der Waals surface area (Å²) in [6, 6.07) is 22.9. The van der Waals surface area contributed by atoms with E-state index in [1.807, 2.05) is 27.7 Å². The van der Waals surface area contributed by atoms with E-state index in [1.54, 1.807) is 6.33 Å². The fourth-order valence-corrected chi connectivity index (χ4v) is 6.63. The number of ketones is 1. The van der Waals surface area contributed by atoms with Crippen molar-refractivity contribution in [3.63, 3.8) is 0 Å². The number of fused-ring (bicyclic) bond motifs is 6. The molecule has 1 radical (unpaired) electrons. The van der Waals surface area contributed by atoms with Crippen molar-refractivity contribution in [2.75, 3.05) is 0 Å². The third-order valence-corrected chi connectivity index (χ3v) is 9.41. The molecule has 2 aromatic heterocycles. The Morgan fingerprint density at radius 2 is 1.60 bits per heavy atom. The first-order chi connectivity index (χ1) is 22.1. The number of aliphatic hydroxyl groups is 1. The van der Waals surface area contributed by atoms with Gasteiger partial charge in [0.25, 0.3) is 0 Å². The Morgan fingerprint density at radius 1 is 0.936 bits per heavy atom. The van der Waals surface area contributed by atoms with Gasteiger partial charge in [-0.1, -0.05) is 102 Å². The van der Waals surface area contributed by atoms with Crippen molar-refractivity contribution >= 4 is 27.7 Å². The molecule has 5 nitrogen and oxygen atoms in total. The number of nitrogens with zero attached hydrogens (tertiary/aromatic N) is 2. The van der Waals surface area contributed by atoms with Gasteiger partial charge in [0.1, 0.15) is 12.1 Å². The van der Waals surface area contributed by atoms with E-state index in [1.165, 1.54) is 33.7 Å². The topological polar surface area (TPSA) is 76.2 Å². The van der Waals surface area contributed by atoms with Gasteiger partial charge in [-0.05, 0) is 49.5 Å². The summed E-state index contributed by atoms with van der Waals surface area (Å²) in [4.78, 5) is 20.9. The molecule has 0 atom stereocenters. The second-order valence-corrected chi connectivity index (χ2v) is 13.4. The number of allylic oxidation sites excluding steroid dienone is 2. The van der Waals surface area contributed by atoms with Crippen molar-refractivity contribution < 1.29 is 34.4 Å². The third kappa shape index (κ3) is 7.60. The fraction of sp³-hybridized carbons (Fsp3) is 0.390. The molecule has 0 aliphatic heterocycles. The molecule has 6 heteroatoms. The zero-order valence-electron chi connectivity index (χ0n) is 28.7. The van der Waals surface area contributed by atoms with E-state index in [0.717, 1.165) is 66.3 Å². The second kappa shape index (κ2) is 15.5. The maximum atomic E-state index is 11.7. The molecule has 47 heavy (non-hydrogen) atoms. The summed E-state index contributed by atoms with van der Waals surface area (Å²) in [5.74, 6) is 1.49. The van der Waals surface area contributed by atoms with Gasteiger partial charge in [-0.15, -0.1) is 29.1 Å². The SMILES string of the molecule is CC(C)(C)c1cc(-c2ncnc3oc4c(c23)CCc2ccccc2-4)[c-]c2ccccc12.CCC(CC)C(=O)/C=C(\O)C(CC)CC.[Ir]. The van der Waals surface area contributed by atoms with Gasteiger partial charge < -0.3 is 9.52 Å². The van der Waals surface area contributed by atoms with E-state index in [0.29, 0.717) is 5.71 Å². The van der Waals surface area contributed by atoms with Crippen LogP contribution < -0.4 is 0 Å². The average Bonchev–Trinajstić information content (AvgIpc) is 3.45. The quantitative estimate of drug-likeness (QED) is 0.0960. The van der Waals surface area contributed by atoms with E-state index >= 15 is 0 Å². The molecule has 1 aliphatic carbocycles. The Labute approximate surface area is 293 Å². The predicted octanol–water partition coefficient (Wildman–Crippen LogP) is 10.8. The van der Waals surface area contributed by atoms with Crippen LogP contribution in [0.3, 0.4) is 0 Å². The van der Waals surface area contributed by atoms with Crippen molar-refractivity contribution in [2.45, 2.75) is 92.4 Å². The third-order valence-electron chi connectivity index (χ3n) is 9.41. The molecule has 0 saturated heterocycles. The van der Waals surface area contributed by atoms with E-state index in [4.69, 9.17) is 9.40 Å². The summed E-state index contributed by atoms with van der Waals surface area (Å²) in [5, 5.41) is 13.1. The van der Waals surface area contributed by atoms with E-state index < -0.39 is 0 Å². The van der Waals surface area contributed by atoms with E-state index in [-0.39, 0.29) is 48.9 Å². The minimum Gasteiger partial charge on any atom is -0.512 e. The van der Waals surface area contributed by atoms with Gasteiger partial charge in [-0.3, -0.25) is 9.78 Å². The van der Waals surface area contributed by atoms with Crippen LogP contribution in [0.25, 0.3) is 44.5 Å². The molecular formula is C41H47IrN2O3-. The number of aromatic nitrogens is 2. The number of furan rings is 1. The Kier molecular flexibility index (Phi) is 12.0. The minimum atomic E-state index is 0. The summed E-state index contributed by atoms with van der Waals surface area (Å²) in [6.07, 6.45) is 8.45. The molecule has 0 fully saturated rings. The van der Waals surface area contributed by atoms with Crippen molar-refractivity contribution in [2.24, 2.45) is 11.8 Å². The second-order valence-electron chi connectivity index (χ2n) is 13.4. The van der Waals surface area contributed by atoms with Gasteiger partial charge in [0.05, 0.1) is 5.76 Å². The number of aliphatic hydroxyl groups excluding tert-OH is 1. The largest absolute Gasteiger partial charge is 0.512 e. The summed E-state index contributed by atoms with van der Waals surface area (Å²) in [5.41, 5.74) is 7.58. The number of hydrogen-bond acceptors (Lipinski definition) is 5. The normalized spacial score (nSPS) is 12.8. The zero-order valence-corrected chi connectivity index (χ0v) is 31.1. The van der Waals surface area contributed by atoms with Gasteiger partial charge in [0.2, 0.25) is 5.71 Å². The van der Waals surface area contributed by atoms with Crippen molar-refractivity contribution in [1.29, 1.82) is 0 Å². The molecule has 6 rings (SSSR count). The molecule has 0 saturated carbocycles. The van der Waals surface area contributed by atoms with Crippen LogP contribution in [0.2, 0.25) is 0 Å². The molecular weight excluding hydrogens is 761 g/mol. The Bertz CT molecular complexity index is 1870. The first kappa shape index (κ1) is 36.2. The minimum absolute atomic E-state index is 0. The molecule has 5 aromatic rings. The van der Waals surface area contributed by atoms with Crippen molar-refractivity contribution in [3.05, 3.63) is 95.5 Å². The first-order valence-electron chi connectivity index (χ1n) is 16.9. The van der Waals surface area contributed by atoms with Crippen LogP contribution in [-0.2, 0) is 43.2 Å². The van der Waals surface area contributed by atoms with Crippen LogP contribution in [-0.4, -0.2) is 20.9 Å². The van der Waals surface area contributed by atoms with Gasteiger partial charge >= 0.3 is 0 Å². The predicted molar refractivity (Wildman–Crippen MR) is 189 cm³/mol. The average molecular weight is 808 g/mol. The van der Waals surface area contributed by atoms with Crippen LogP contribution in [0.4, 0.5) is 0 Å². The van der Waals surface area contributed by atoms with Crippen molar-refractivity contribution in [1.82, 2.24) is 9.97 Å². The number of benzene rings is 3. The Balaban J connectivity index is 0.000000269. The van der Waals surface area contributed by atoms with Crippen LogP contribution in [0.15, 0.2) is 77.2 Å². The first-order valence-corrected chi connectivity index (χ1v) is 16.9. The van der Waals surface area contributed by atoms with Gasteiger partial charge in [-0.2, -0.15) is 0 Å². The van der Waals surface area contributed by atoms with Gasteiger partial charge in [0, 0.05) is 60.2 Å². The molecule has 1 N–H and O–H groups in total. The molecule has 0 unspecified atom stereocenters.